The second-order valence-corrected chi connectivity index (χ2v) is 5.62. The summed E-state index contributed by atoms with van der Waals surface area (Å²) in [7, 11) is 0. The Morgan fingerprint density at radius 3 is 2.61 bits per heavy atom. The van der Waals surface area contributed by atoms with Gasteiger partial charge in [0, 0.05) is 12.0 Å². The van der Waals surface area contributed by atoms with Gasteiger partial charge in [-0.2, -0.15) is 0 Å². The lowest BCUT2D eigenvalue weighted by molar-refractivity contribution is 0.0954. The molecular weight excluding hydrogens is 222 g/mol. The van der Waals surface area contributed by atoms with E-state index in [1.54, 1.807) is 0 Å². The number of hydrogen-bond acceptors (Lipinski definition) is 2. The third-order valence-corrected chi connectivity index (χ3v) is 3.77. The summed E-state index contributed by atoms with van der Waals surface area (Å²) in [5.74, 6) is 1.34. The average molecular weight is 245 g/mol. The molecule has 1 aliphatic heterocycles. The van der Waals surface area contributed by atoms with Crippen LogP contribution in [0.4, 0.5) is 0 Å². The van der Waals surface area contributed by atoms with Gasteiger partial charge in [0.05, 0.1) is 0 Å². The van der Waals surface area contributed by atoms with Gasteiger partial charge in [0.2, 0.25) is 0 Å². The summed E-state index contributed by atoms with van der Waals surface area (Å²) in [4.78, 5) is 12.2. The molecule has 0 spiro atoms. The maximum absolute atomic E-state index is 12.2. The zero-order valence-corrected chi connectivity index (χ0v) is 11.4. The Hall–Kier alpha value is -1.15. The lowest BCUT2D eigenvalue weighted by Gasteiger charge is -2.22. The van der Waals surface area contributed by atoms with Crippen molar-refractivity contribution in [3.63, 3.8) is 0 Å². The highest BCUT2D eigenvalue weighted by Crippen LogP contribution is 2.19. The van der Waals surface area contributed by atoms with E-state index in [1.165, 1.54) is 18.4 Å². The number of Topliss-reactive ketones (excluding diaryl/α,β-unsaturated/α-hetero) is 1. The van der Waals surface area contributed by atoms with Crippen LogP contribution in [0.5, 0.6) is 0 Å². The van der Waals surface area contributed by atoms with E-state index in [1.807, 2.05) is 12.1 Å². The molecule has 18 heavy (non-hydrogen) atoms. The fraction of sp³-hybridized carbons (Fsp3) is 0.562. The highest BCUT2D eigenvalue weighted by molar-refractivity contribution is 5.96. The molecule has 1 heterocycles. The fourth-order valence-corrected chi connectivity index (χ4v) is 2.53. The molecule has 0 amide bonds. The summed E-state index contributed by atoms with van der Waals surface area (Å²) in [6, 6.07) is 8.12. The van der Waals surface area contributed by atoms with Crippen LogP contribution in [0.1, 0.15) is 54.9 Å². The lowest BCUT2D eigenvalue weighted by atomic mass is 9.91. The van der Waals surface area contributed by atoms with E-state index in [4.69, 9.17) is 0 Å². The molecule has 2 rings (SSSR count). The fourth-order valence-electron chi connectivity index (χ4n) is 2.53. The molecule has 1 aliphatic rings. The summed E-state index contributed by atoms with van der Waals surface area (Å²) in [6.07, 6.45) is 3.07. The van der Waals surface area contributed by atoms with Crippen LogP contribution in [0.2, 0.25) is 0 Å². The van der Waals surface area contributed by atoms with Gasteiger partial charge in [-0.1, -0.05) is 38.1 Å². The number of benzene rings is 1. The van der Waals surface area contributed by atoms with E-state index < -0.39 is 0 Å². The van der Waals surface area contributed by atoms with E-state index in [9.17, 15) is 4.79 Å². The van der Waals surface area contributed by atoms with Crippen molar-refractivity contribution < 1.29 is 4.79 Å². The van der Waals surface area contributed by atoms with Crippen LogP contribution in [-0.2, 0) is 0 Å². The molecule has 1 fully saturated rings. The van der Waals surface area contributed by atoms with Crippen molar-refractivity contribution in [2.24, 2.45) is 5.92 Å². The average Bonchev–Trinajstić information content (AvgIpc) is 2.40. The molecule has 0 aromatic heterocycles. The number of piperidine rings is 1. The zero-order chi connectivity index (χ0) is 13.0. The number of rotatable bonds is 4. The van der Waals surface area contributed by atoms with Crippen LogP contribution in [0.15, 0.2) is 24.3 Å². The summed E-state index contributed by atoms with van der Waals surface area (Å²) < 4.78 is 0. The molecular formula is C16H23NO. The molecule has 2 nitrogen and oxygen atoms in total. The molecule has 1 aromatic rings. The predicted molar refractivity (Wildman–Crippen MR) is 75.1 cm³/mol. The topological polar surface area (TPSA) is 29.1 Å². The lowest BCUT2D eigenvalue weighted by Crippen LogP contribution is -2.31. The maximum Gasteiger partial charge on any atom is 0.163 e. The molecule has 1 atom stereocenters. The van der Waals surface area contributed by atoms with Gasteiger partial charge in [0.25, 0.3) is 0 Å². The summed E-state index contributed by atoms with van der Waals surface area (Å²) in [6.45, 7) is 6.44. The normalized spacial score (nSPS) is 20.1. The molecule has 98 valence electrons. The first-order valence-corrected chi connectivity index (χ1v) is 7.00. The number of carbonyl (C=O) groups is 1. The Morgan fingerprint density at radius 2 is 2.06 bits per heavy atom. The van der Waals surface area contributed by atoms with Crippen molar-refractivity contribution in [1.29, 1.82) is 0 Å². The van der Waals surface area contributed by atoms with E-state index in [0.29, 0.717) is 24.0 Å². The molecule has 0 radical (unpaired) electrons. The Kier molecular flexibility index (Phi) is 4.54. The van der Waals surface area contributed by atoms with Gasteiger partial charge in [0.1, 0.15) is 0 Å². The van der Waals surface area contributed by atoms with E-state index in [2.05, 4.69) is 31.3 Å². The Balaban J connectivity index is 1.95. The van der Waals surface area contributed by atoms with Gasteiger partial charge in [-0.25, -0.2) is 0 Å². The minimum Gasteiger partial charge on any atom is -0.316 e. The Labute approximate surface area is 110 Å². The number of carbonyl (C=O) groups excluding carboxylic acids is 1. The van der Waals surface area contributed by atoms with Crippen LogP contribution in [-0.4, -0.2) is 18.9 Å². The predicted octanol–water partition coefficient (Wildman–Crippen LogP) is 3.38. The molecule has 0 saturated carbocycles. The highest BCUT2D eigenvalue weighted by Gasteiger charge is 2.17. The van der Waals surface area contributed by atoms with Crippen LogP contribution >= 0.6 is 0 Å². The highest BCUT2D eigenvalue weighted by atomic mass is 16.1. The zero-order valence-electron chi connectivity index (χ0n) is 11.4. The van der Waals surface area contributed by atoms with Crippen LogP contribution in [0, 0.1) is 5.92 Å². The van der Waals surface area contributed by atoms with Gasteiger partial charge in [0.15, 0.2) is 5.78 Å². The Morgan fingerprint density at radius 1 is 1.33 bits per heavy atom. The second-order valence-electron chi connectivity index (χ2n) is 5.62. The van der Waals surface area contributed by atoms with Crippen molar-refractivity contribution in [3.05, 3.63) is 35.4 Å². The van der Waals surface area contributed by atoms with Crippen LogP contribution in [0.3, 0.4) is 0 Å². The number of nitrogens with one attached hydrogen (secondary N) is 1. The number of ketones is 1. The summed E-state index contributed by atoms with van der Waals surface area (Å²) in [5, 5.41) is 3.36. The molecule has 1 aromatic carbocycles. The molecule has 2 heteroatoms. The monoisotopic (exact) mass is 245 g/mol. The summed E-state index contributed by atoms with van der Waals surface area (Å²) in [5.41, 5.74) is 2.16. The first-order chi connectivity index (χ1) is 8.66. The number of hydrogen-bond donors (Lipinski definition) is 1. The van der Waals surface area contributed by atoms with E-state index in [0.717, 1.165) is 18.7 Å². The van der Waals surface area contributed by atoms with Crippen molar-refractivity contribution >= 4 is 5.78 Å². The van der Waals surface area contributed by atoms with E-state index in [-0.39, 0.29) is 0 Å². The SMILES string of the molecule is CC(C)c1ccc(C(=O)CC2CCCNC2)cc1. The van der Waals surface area contributed by atoms with Gasteiger partial charge < -0.3 is 5.32 Å². The maximum atomic E-state index is 12.2. The molecule has 0 aliphatic carbocycles. The standard InChI is InChI=1S/C16H23NO/c1-12(2)14-5-7-15(8-6-14)16(18)10-13-4-3-9-17-11-13/h5-8,12-13,17H,3-4,9-11H2,1-2H3. The Bertz CT molecular complexity index is 388. The second kappa shape index (κ2) is 6.14. The van der Waals surface area contributed by atoms with Gasteiger partial charge >= 0.3 is 0 Å². The third kappa shape index (κ3) is 3.42. The van der Waals surface area contributed by atoms with Crippen molar-refractivity contribution in [2.45, 2.75) is 39.0 Å². The smallest absolute Gasteiger partial charge is 0.163 e. The van der Waals surface area contributed by atoms with Crippen LogP contribution < -0.4 is 5.32 Å². The minimum absolute atomic E-state index is 0.291. The largest absolute Gasteiger partial charge is 0.316 e. The van der Waals surface area contributed by atoms with Gasteiger partial charge in [-0.3, -0.25) is 4.79 Å². The molecule has 0 bridgehead atoms. The van der Waals surface area contributed by atoms with Crippen molar-refractivity contribution in [2.75, 3.05) is 13.1 Å². The third-order valence-electron chi connectivity index (χ3n) is 3.77. The van der Waals surface area contributed by atoms with Crippen molar-refractivity contribution in [3.8, 4) is 0 Å². The summed E-state index contributed by atoms with van der Waals surface area (Å²) >= 11 is 0. The first kappa shape index (κ1) is 13.3. The van der Waals surface area contributed by atoms with Gasteiger partial charge in [-0.05, 0) is 43.3 Å². The molecule has 1 unspecified atom stereocenters. The van der Waals surface area contributed by atoms with E-state index >= 15 is 0 Å². The van der Waals surface area contributed by atoms with Crippen LogP contribution in [0.25, 0.3) is 0 Å². The molecule has 1 N–H and O–H groups in total. The van der Waals surface area contributed by atoms with Gasteiger partial charge in [-0.15, -0.1) is 0 Å². The first-order valence-electron chi connectivity index (χ1n) is 7.00. The minimum atomic E-state index is 0.291. The quantitative estimate of drug-likeness (QED) is 0.824. The van der Waals surface area contributed by atoms with Crippen molar-refractivity contribution in [1.82, 2.24) is 5.32 Å². The molecule has 1 saturated heterocycles.